The molecule has 0 saturated heterocycles. The number of rotatable bonds is 4. The first kappa shape index (κ1) is 11.1. The van der Waals surface area contributed by atoms with Gasteiger partial charge in [-0.3, -0.25) is 9.78 Å². The van der Waals surface area contributed by atoms with Gasteiger partial charge in [0, 0.05) is 30.9 Å². The molecule has 3 nitrogen and oxygen atoms in total. The van der Waals surface area contributed by atoms with Crippen LogP contribution in [0.4, 0.5) is 0 Å². The summed E-state index contributed by atoms with van der Waals surface area (Å²) in [4.78, 5) is 18.0. The Morgan fingerprint density at radius 1 is 1.44 bits per heavy atom. The highest BCUT2D eigenvalue weighted by Gasteiger charge is 2.33. The molecule has 86 valence electrons. The molecule has 16 heavy (non-hydrogen) atoms. The van der Waals surface area contributed by atoms with Crippen LogP contribution < -0.4 is 0 Å². The fourth-order valence-electron chi connectivity index (χ4n) is 1.79. The van der Waals surface area contributed by atoms with Gasteiger partial charge in [-0.15, -0.1) is 0 Å². The molecule has 1 aliphatic rings. The van der Waals surface area contributed by atoms with E-state index in [1.54, 1.807) is 12.4 Å². The Morgan fingerprint density at radius 2 is 2.06 bits per heavy atom. The molecule has 1 saturated carbocycles. The van der Waals surface area contributed by atoms with Crippen molar-refractivity contribution in [3.05, 3.63) is 30.1 Å². The van der Waals surface area contributed by atoms with Crippen LogP contribution in [0.15, 0.2) is 24.5 Å². The lowest BCUT2D eigenvalue weighted by molar-refractivity contribution is -0.135. The van der Waals surface area contributed by atoms with Gasteiger partial charge in [-0.05, 0) is 30.5 Å². The molecule has 1 aromatic rings. The predicted molar refractivity (Wildman–Crippen MR) is 62.6 cm³/mol. The second kappa shape index (κ2) is 4.64. The molecule has 0 radical (unpaired) electrons. The Kier molecular flexibility index (Phi) is 3.22. The maximum absolute atomic E-state index is 12.0. The molecule has 0 aliphatic heterocycles. The normalized spacial score (nSPS) is 15.2. The van der Waals surface area contributed by atoms with Crippen LogP contribution in [-0.4, -0.2) is 21.8 Å². The van der Waals surface area contributed by atoms with E-state index in [-0.39, 0.29) is 11.8 Å². The standard InChI is InChI=1S/C13H18N2O/c1-10(2)13(16)15(12-3-4-12)9-11-5-7-14-8-6-11/h5-8,10,12H,3-4,9H2,1-2H3. The van der Waals surface area contributed by atoms with Gasteiger partial charge in [-0.25, -0.2) is 0 Å². The maximum atomic E-state index is 12.0. The smallest absolute Gasteiger partial charge is 0.225 e. The van der Waals surface area contributed by atoms with E-state index in [4.69, 9.17) is 0 Å². The van der Waals surface area contributed by atoms with Crippen molar-refractivity contribution in [1.82, 2.24) is 9.88 Å². The minimum Gasteiger partial charge on any atom is -0.335 e. The second-order valence-electron chi connectivity index (χ2n) is 4.71. The Labute approximate surface area is 96.5 Å². The SMILES string of the molecule is CC(C)C(=O)N(Cc1ccncc1)C1CC1. The fourth-order valence-corrected chi connectivity index (χ4v) is 1.79. The van der Waals surface area contributed by atoms with Crippen molar-refractivity contribution in [2.75, 3.05) is 0 Å². The Bertz CT molecular complexity index is 357. The van der Waals surface area contributed by atoms with Crippen molar-refractivity contribution >= 4 is 5.91 Å². The maximum Gasteiger partial charge on any atom is 0.225 e. The third-order valence-electron chi connectivity index (χ3n) is 2.87. The summed E-state index contributed by atoms with van der Waals surface area (Å²) >= 11 is 0. The predicted octanol–water partition coefficient (Wildman–Crippen LogP) is 2.23. The summed E-state index contributed by atoms with van der Waals surface area (Å²) in [5, 5.41) is 0. The molecule has 1 amide bonds. The van der Waals surface area contributed by atoms with Crippen molar-refractivity contribution < 1.29 is 4.79 Å². The zero-order chi connectivity index (χ0) is 11.5. The van der Waals surface area contributed by atoms with Crippen molar-refractivity contribution in [2.45, 2.75) is 39.3 Å². The number of carbonyl (C=O) groups excluding carboxylic acids is 1. The minimum absolute atomic E-state index is 0.0856. The van der Waals surface area contributed by atoms with Crippen LogP contribution in [0, 0.1) is 5.92 Å². The first-order valence-electron chi connectivity index (χ1n) is 5.88. The molecule has 0 N–H and O–H groups in total. The van der Waals surface area contributed by atoms with E-state index in [9.17, 15) is 4.79 Å². The van der Waals surface area contributed by atoms with E-state index in [2.05, 4.69) is 4.98 Å². The molecule has 1 aromatic heterocycles. The molecule has 2 rings (SSSR count). The number of carbonyl (C=O) groups is 1. The highest BCUT2D eigenvalue weighted by molar-refractivity contribution is 5.78. The number of nitrogens with zero attached hydrogens (tertiary/aromatic N) is 2. The van der Waals surface area contributed by atoms with E-state index in [1.807, 2.05) is 30.9 Å². The van der Waals surface area contributed by atoms with Crippen LogP contribution in [0.5, 0.6) is 0 Å². The van der Waals surface area contributed by atoms with Gasteiger partial charge in [0.2, 0.25) is 5.91 Å². The third kappa shape index (κ3) is 2.60. The third-order valence-corrected chi connectivity index (χ3v) is 2.87. The van der Waals surface area contributed by atoms with Crippen molar-refractivity contribution in [3.63, 3.8) is 0 Å². The molecule has 1 aliphatic carbocycles. The van der Waals surface area contributed by atoms with Gasteiger partial charge in [0.05, 0.1) is 0 Å². The van der Waals surface area contributed by atoms with E-state index in [0.29, 0.717) is 6.04 Å². The van der Waals surface area contributed by atoms with Crippen molar-refractivity contribution in [2.24, 2.45) is 5.92 Å². The first-order valence-corrected chi connectivity index (χ1v) is 5.88. The summed E-state index contributed by atoms with van der Waals surface area (Å²) in [5.41, 5.74) is 1.16. The summed E-state index contributed by atoms with van der Waals surface area (Å²) in [6.07, 6.45) is 5.87. The highest BCUT2D eigenvalue weighted by Crippen LogP contribution is 2.29. The first-order chi connectivity index (χ1) is 7.68. The van der Waals surface area contributed by atoms with E-state index in [0.717, 1.165) is 24.9 Å². The minimum atomic E-state index is 0.0856. The van der Waals surface area contributed by atoms with E-state index in [1.165, 1.54) is 0 Å². The van der Waals surface area contributed by atoms with Gasteiger partial charge >= 0.3 is 0 Å². The summed E-state index contributed by atoms with van der Waals surface area (Å²) in [7, 11) is 0. The van der Waals surface area contributed by atoms with Crippen LogP contribution in [0.25, 0.3) is 0 Å². The van der Waals surface area contributed by atoms with Gasteiger partial charge in [0.15, 0.2) is 0 Å². The molecule has 0 atom stereocenters. The van der Waals surface area contributed by atoms with Gasteiger partial charge in [0.25, 0.3) is 0 Å². The Balaban J connectivity index is 2.06. The molecule has 0 aromatic carbocycles. The lowest BCUT2D eigenvalue weighted by Crippen LogP contribution is -2.35. The number of amides is 1. The monoisotopic (exact) mass is 218 g/mol. The van der Waals surface area contributed by atoms with Crippen molar-refractivity contribution in [1.29, 1.82) is 0 Å². The van der Waals surface area contributed by atoms with Crippen LogP contribution in [0.1, 0.15) is 32.3 Å². The summed E-state index contributed by atoms with van der Waals surface area (Å²) in [5.74, 6) is 0.349. The summed E-state index contributed by atoms with van der Waals surface area (Å²) in [6, 6.07) is 4.43. The zero-order valence-corrected chi connectivity index (χ0v) is 9.89. The average molecular weight is 218 g/mol. The van der Waals surface area contributed by atoms with Crippen LogP contribution in [0.3, 0.4) is 0 Å². The second-order valence-corrected chi connectivity index (χ2v) is 4.71. The highest BCUT2D eigenvalue weighted by atomic mass is 16.2. The van der Waals surface area contributed by atoms with Crippen LogP contribution in [-0.2, 0) is 11.3 Å². The number of aromatic nitrogens is 1. The Morgan fingerprint density at radius 3 is 2.56 bits per heavy atom. The number of pyridine rings is 1. The summed E-state index contributed by atoms with van der Waals surface area (Å²) in [6.45, 7) is 4.65. The average Bonchev–Trinajstić information content (AvgIpc) is 3.10. The number of hydrogen-bond acceptors (Lipinski definition) is 2. The lowest BCUT2D eigenvalue weighted by Gasteiger charge is -2.24. The molecule has 1 fully saturated rings. The molecular formula is C13H18N2O. The molecule has 0 unspecified atom stereocenters. The van der Waals surface area contributed by atoms with Gasteiger partial charge in [0.1, 0.15) is 0 Å². The van der Waals surface area contributed by atoms with Gasteiger partial charge < -0.3 is 4.90 Å². The van der Waals surface area contributed by atoms with E-state index < -0.39 is 0 Å². The molecule has 3 heteroatoms. The fraction of sp³-hybridized carbons (Fsp3) is 0.538. The lowest BCUT2D eigenvalue weighted by atomic mass is 10.1. The van der Waals surface area contributed by atoms with Crippen molar-refractivity contribution in [3.8, 4) is 0 Å². The van der Waals surface area contributed by atoms with Gasteiger partial charge in [-0.2, -0.15) is 0 Å². The van der Waals surface area contributed by atoms with Crippen LogP contribution in [0.2, 0.25) is 0 Å². The summed E-state index contributed by atoms with van der Waals surface area (Å²) < 4.78 is 0. The van der Waals surface area contributed by atoms with Crippen LogP contribution >= 0.6 is 0 Å². The quantitative estimate of drug-likeness (QED) is 0.776. The molecular weight excluding hydrogens is 200 g/mol. The largest absolute Gasteiger partial charge is 0.335 e. The Hall–Kier alpha value is -1.38. The molecule has 1 heterocycles. The topological polar surface area (TPSA) is 33.2 Å². The molecule has 0 bridgehead atoms. The molecule has 0 spiro atoms. The van der Waals surface area contributed by atoms with Gasteiger partial charge in [-0.1, -0.05) is 13.8 Å². The number of hydrogen-bond donors (Lipinski definition) is 0. The van der Waals surface area contributed by atoms with E-state index >= 15 is 0 Å². The zero-order valence-electron chi connectivity index (χ0n) is 9.89.